The molecule has 4 heterocycles. The molecule has 32 heavy (non-hydrogen) atoms. The number of halogens is 2. The lowest BCUT2D eigenvalue weighted by Gasteiger charge is -2.09. The first-order valence-corrected chi connectivity index (χ1v) is 9.58. The van der Waals surface area contributed by atoms with Crippen molar-refractivity contribution in [3.8, 4) is 40.3 Å². The Morgan fingerprint density at radius 2 is 1.91 bits per heavy atom. The van der Waals surface area contributed by atoms with Crippen molar-refractivity contribution in [1.82, 2.24) is 19.5 Å². The average Bonchev–Trinajstić information content (AvgIpc) is 3.14. The van der Waals surface area contributed by atoms with Gasteiger partial charge in [0.05, 0.1) is 42.7 Å². The van der Waals surface area contributed by atoms with Crippen LogP contribution in [0.5, 0.6) is 23.4 Å². The highest BCUT2D eigenvalue weighted by Gasteiger charge is 2.17. The van der Waals surface area contributed by atoms with Gasteiger partial charge in [-0.1, -0.05) is 0 Å². The van der Waals surface area contributed by atoms with Crippen molar-refractivity contribution in [2.45, 2.75) is 13.3 Å². The van der Waals surface area contributed by atoms with Crippen LogP contribution in [0.4, 0.5) is 8.78 Å². The van der Waals surface area contributed by atoms with E-state index in [0.717, 1.165) is 11.1 Å². The second kappa shape index (κ2) is 8.66. The first kappa shape index (κ1) is 21.3. The third-order valence-corrected chi connectivity index (χ3v) is 4.83. The minimum absolute atomic E-state index is 0.00923. The van der Waals surface area contributed by atoms with Gasteiger partial charge in [0.1, 0.15) is 0 Å². The van der Waals surface area contributed by atoms with Gasteiger partial charge in [-0.3, -0.25) is 4.57 Å². The smallest absolute Gasteiger partial charge is 0.272 e. The molecule has 4 rings (SSSR count). The zero-order valence-corrected chi connectivity index (χ0v) is 17.5. The fourth-order valence-corrected chi connectivity index (χ4v) is 3.35. The number of hydrogen-bond donors (Lipinski definition) is 1. The molecule has 0 amide bonds. The van der Waals surface area contributed by atoms with E-state index < -0.39 is 13.0 Å². The normalized spacial score (nSPS) is 11.2. The highest BCUT2D eigenvalue weighted by Crippen LogP contribution is 2.35. The summed E-state index contributed by atoms with van der Waals surface area (Å²) in [5.41, 5.74) is 3.27. The zero-order valence-electron chi connectivity index (χ0n) is 17.5. The quantitative estimate of drug-likeness (QED) is 0.460. The molecule has 1 N–H and O–H groups in total. The first-order valence-electron chi connectivity index (χ1n) is 9.58. The molecule has 0 aliphatic rings. The molecule has 0 unspecified atom stereocenters. The molecule has 4 aromatic rings. The Morgan fingerprint density at radius 3 is 2.56 bits per heavy atom. The van der Waals surface area contributed by atoms with Gasteiger partial charge in [0.2, 0.25) is 11.8 Å². The van der Waals surface area contributed by atoms with E-state index in [-0.39, 0.29) is 11.8 Å². The number of rotatable bonds is 7. The Kier molecular flexibility index (Phi) is 5.76. The number of alkyl halides is 2. The number of aryl methyl sites for hydroxylation is 1. The molecule has 0 spiro atoms. The summed E-state index contributed by atoms with van der Waals surface area (Å²) in [6, 6.07) is 6.69. The maximum atomic E-state index is 12.3. The predicted octanol–water partition coefficient (Wildman–Crippen LogP) is 4.16. The fraction of sp³-hybridized carbons (Fsp3) is 0.227. The highest BCUT2D eigenvalue weighted by atomic mass is 19.3. The van der Waals surface area contributed by atoms with Crippen LogP contribution in [-0.4, -0.2) is 51.9 Å². The highest BCUT2D eigenvalue weighted by molar-refractivity contribution is 5.90. The molecule has 166 valence electrons. The second-order valence-corrected chi connectivity index (χ2v) is 6.90. The SMILES string of the molecule is COc1cc(-c2cc(C)c3c(O)n(-c4ccc(OCC(F)F)nc4)cc3n2)cnc1OC. The van der Waals surface area contributed by atoms with Gasteiger partial charge in [-0.2, -0.15) is 0 Å². The van der Waals surface area contributed by atoms with Crippen molar-refractivity contribution in [1.29, 1.82) is 0 Å². The number of nitrogens with zero attached hydrogens (tertiary/aromatic N) is 4. The minimum Gasteiger partial charge on any atom is -0.494 e. The summed E-state index contributed by atoms with van der Waals surface area (Å²) < 4.78 is 41.5. The lowest BCUT2D eigenvalue weighted by molar-refractivity contribution is 0.0796. The van der Waals surface area contributed by atoms with Crippen LogP contribution in [0.25, 0.3) is 27.8 Å². The van der Waals surface area contributed by atoms with E-state index in [0.29, 0.717) is 33.9 Å². The fourth-order valence-electron chi connectivity index (χ4n) is 3.35. The van der Waals surface area contributed by atoms with E-state index in [1.54, 1.807) is 24.5 Å². The summed E-state index contributed by atoms with van der Waals surface area (Å²) in [5, 5.41) is 11.4. The molecule has 0 aliphatic carbocycles. The Bertz CT molecular complexity index is 1260. The van der Waals surface area contributed by atoms with Gasteiger partial charge >= 0.3 is 0 Å². The molecule has 10 heteroatoms. The van der Waals surface area contributed by atoms with Crippen molar-refractivity contribution in [2.75, 3.05) is 20.8 Å². The summed E-state index contributed by atoms with van der Waals surface area (Å²) in [4.78, 5) is 12.9. The van der Waals surface area contributed by atoms with Crippen LogP contribution in [0.2, 0.25) is 0 Å². The van der Waals surface area contributed by atoms with Gasteiger partial charge in [-0.05, 0) is 30.7 Å². The van der Waals surface area contributed by atoms with E-state index >= 15 is 0 Å². The van der Waals surface area contributed by atoms with Crippen molar-refractivity contribution in [3.05, 3.63) is 48.4 Å². The second-order valence-electron chi connectivity index (χ2n) is 6.90. The molecule has 0 aromatic carbocycles. The largest absolute Gasteiger partial charge is 0.494 e. The van der Waals surface area contributed by atoms with E-state index in [1.807, 2.05) is 13.0 Å². The maximum absolute atomic E-state index is 12.3. The van der Waals surface area contributed by atoms with Crippen LogP contribution in [0.3, 0.4) is 0 Å². The van der Waals surface area contributed by atoms with Crippen LogP contribution in [0, 0.1) is 6.92 Å². The summed E-state index contributed by atoms with van der Waals surface area (Å²) in [7, 11) is 3.04. The monoisotopic (exact) mass is 442 g/mol. The van der Waals surface area contributed by atoms with Gasteiger partial charge in [-0.25, -0.2) is 23.7 Å². The van der Waals surface area contributed by atoms with Crippen LogP contribution in [0.15, 0.2) is 42.9 Å². The molecular weight excluding hydrogens is 422 g/mol. The summed E-state index contributed by atoms with van der Waals surface area (Å²) in [5.74, 6) is 0.907. The van der Waals surface area contributed by atoms with E-state index in [4.69, 9.17) is 14.2 Å². The Morgan fingerprint density at radius 1 is 1.09 bits per heavy atom. The molecular formula is C22H20F2N4O4. The predicted molar refractivity (Wildman–Crippen MR) is 113 cm³/mol. The molecule has 8 nitrogen and oxygen atoms in total. The van der Waals surface area contributed by atoms with Crippen LogP contribution < -0.4 is 14.2 Å². The first-order chi connectivity index (χ1) is 15.4. The van der Waals surface area contributed by atoms with Gasteiger partial charge in [0, 0.05) is 24.0 Å². The van der Waals surface area contributed by atoms with Crippen molar-refractivity contribution in [2.24, 2.45) is 0 Å². The number of pyridine rings is 3. The van der Waals surface area contributed by atoms with Crippen LogP contribution in [0.1, 0.15) is 5.56 Å². The number of ether oxygens (including phenoxy) is 3. The average molecular weight is 442 g/mol. The molecule has 0 saturated heterocycles. The van der Waals surface area contributed by atoms with E-state index in [2.05, 4.69) is 15.0 Å². The van der Waals surface area contributed by atoms with Crippen molar-refractivity contribution in [3.63, 3.8) is 0 Å². The number of aromatic nitrogens is 4. The topological polar surface area (TPSA) is 91.5 Å². The lowest BCUT2D eigenvalue weighted by Crippen LogP contribution is -2.08. The standard InChI is InChI=1S/C22H20F2N4O4/c1-12-6-15(13-7-17(30-2)21(31-3)26-8-13)27-16-10-28(22(29)20(12)16)14-4-5-19(25-9-14)32-11-18(23)24/h4-10,18,29H,11H2,1-3H3. The van der Waals surface area contributed by atoms with E-state index in [1.165, 1.54) is 31.0 Å². The van der Waals surface area contributed by atoms with Gasteiger partial charge < -0.3 is 19.3 Å². The van der Waals surface area contributed by atoms with Gasteiger partial charge in [0.25, 0.3) is 12.3 Å². The molecule has 0 bridgehead atoms. The number of fused-ring (bicyclic) bond motifs is 1. The Labute approximate surface area is 182 Å². The third kappa shape index (κ3) is 3.98. The van der Waals surface area contributed by atoms with Crippen LogP contribution in [-0.2, 0) is 0 Å². The van der Waals surface area contributed by atoms with Gasteiger partial charge in [-0.15, -0.1) is 0 Å². The lowest BCUT2D eigenvalue weighted by atomic mass is 10.1. The Hall–Kier alpha value is -3.95. The number of methoxy groups -OCH3 is 2. The number of hydrogen-bond acceptors (Lipinski definition) is 7. The molecule has 0 fully saturated rings. The molecule has 0 saturated carbocycles. The molecule has 0 radical (unpaired) electrons. The molecule has 0 atom stereocenters. The van der Waals surface area contributed by atoms with Crippen molar-refractivity contribution >= 4 is 10.9 Å². The van der Waals surface area contributed by atoms with Crippen LogP contribution >= 0.6 is 0 Å². The third-order valence-electron chi connectivity index (χ3n) is 4.83. The summed E-state index contributed by atoms with van der Waals surface area (Å²) >= 11 is 0. The zero-order chi connectivity index (χ0) is 22.8. The van der Waals surface area contributed by atoms with Crippen molar-refractivity contribution < 1.29 is 28.1 Å². The summed E-state index contributed by atoms with van der Waals surface area (Å²) in [6.45, 7) is 1.13. The summed E-state index contributed by atoms with van der Waals surface area (Å²) in [6.07, 6.45) is 2.15. The molecule has 0 aliphatic heterocycles. The minimum atomic E-state index is -2.58. The van der Waals surface area contributed by atoms with E-state index in [9.17, 15) is 13.9 Å². The Balaban J connectivity index is 1.72. The maximum Gasteiger partial charge on any atom is 0.272 e. The number of aromatic hydroxyl groups is 1. The van der Waals surface area contributed by atoms with Gasteiger partial charge in [0.15, 0.2) is 12.4 Å². The molecule has 4 aromatic heterocycles.